The minimum absolute atomic E-state index is 0.0126. The van der Waals surface area contributed by atoms with E-state index in [0.29, 0.717) is 11.5 Å². The van der Waals surface area contributed by atoms with Crippen molar-refractivity contribution in [2.45, 2.75) is 25.4 Å². The van der Waals surface area contributed by atoms with E-state index in [0.717, 1.165) is 16.7 Å². The van der Waals surface area contributed by atoms with E-state index in [9.17, 15) is 8.78 Å². The minimum Gasteiger partial charge on any atom is -0.392 e. The van der Waals surface area contributed by atoms with Gasteiger partial charge in [-0.15, -0.1) is 10.2 Å². The topological polar surface area (TPSA) is 50.4 Å². The summed E-state index contributed by atoms with van der Waals surface area (Å²) in [5.74, 6) is -2.58. The zero-order valence-electron chi connectivity index (χ0n) is 12.3. The average molecular weight is 315 g/mol. The van der Waals surface area contributed by atoms with Crippen LogP contribution in [0.25, 0.3) is 16.8 Å². The van der Waals surface area contributed by atoms with Gasteiger partial charge in [-0.05, 0) is 28.8 Å². The molecule has 4 nitrogen and oxygen atoms in total. The molecule has 1 N–H and O–H groups in total. The van der Waals surface area contributed by atoms with Gasteiger partial charge in [0.05, 0.1) is 6.61 Å². The van der Waals surface area contributed by atoms with Crippen LogP contribution < -0.4 is 0 Å². The van der Waals surface area contributed by atoms with Crippen LogP contribution in [0.5, 0.6) is 0 Å². The van der Waals surface area contributed by atoms with Crippen molar-refractivity contribution >= 4 is 5.65 Å². The molecule has 118 valence electrons. The van der Waals surface area contributed by atoms with Gasteiger partial charge >= 0.3 is 0 Å². The number of pyridine rings is 1. The standard InChI is InChI=1S/C17H15F2N3O/c18-17(19)9-14(17)8-16-21-20-15-7-13(5-6-22(15)16)12-3-1-11(10-23)2-4-12/h1-7,14,23H,8-10H2. The Hall–Kier alpha value is -2.34. The minimum atomic E-state index is -2.54. The maximum atomic E-state index is 13.1. The number of nitrogens with zero attached hydrogens (tertiary/aromatic N) is 3. The molecule has 1 aromatic carbocycles. The van der Waals surface area contributed by atoms with Gasteiger partial charge in [-0.2, -0.15) is 0 Å². The monoisotopic (exact) mass is 315 g/mol. The van der Waals surface area contributed by atoms with E-state index in [1.165, 1.54) is 0 Å². The van der Waals surface area contributed by atoms with Gasteiger partial charge in [-0.3, -0.25) is 4.40 Å². The molecule has 1 unspecified atom stereocenters. The highest BCUT2D eigenvalue weighted by atomic mass is 19.3. The van der Waals surface area contributed by atoms with Gasteiger partial charge in [0.25, 0.3) is 5.92 Å². The third-order valence-electron chi connectivity index (χ3n) is 4.34. The maximum absolute atomic E-state index is 13.1. The lowest BCUT2D eigenvalue weighted by Gasteiger charge is -2.04. The number of aliphatic hydroxyl groups is 1. The summed E-state index contributed by atoms with van der Waals surface area (Å²) in [7, 11) is 0. The number of hydrogen-bond donors (Lipinski definition) is 1. The molecule has 1 atom stereocenters. The number of hydrogen-bond acceptors (Lipinski definition) is 3. The lowest BCUT2D eigenvalue weighted by Crippen LogP contribution is -2.01. The fourth-order valence-corrected chi connectivity index (χ4v) is 2.77. The molecule has 1 saturated carbocycles. The van der Waals surface area contributed by atoms with E-state index in [4.69, 9.17) is 5.11 Å². The fourth-order valence-electron chi connectivity index (χ4n) is 2.77. The van der Waals surface area contributed by atoms with Gasteiger partial charge in [0.15, 0.2) is 5.65 Å². The third kappa shape index (κ3) is 2.59. The molecule has 23 heavy (non-hydrogen) atoms. The van der Waals surface area contributed by atoms with Crippen LogP contribution in [0.3, 0.4) is 0 Å². The number of benzene rings is 1. The number of rotatable bonds is 4. The van der Waals surface area contributed by atoms with Crippen molar-refractivity contribution in [1.82, 2.24) is 14.6 Å². The van der Waals surface area contributed by atoms with Crippen LogP contribution >= 0.6 is 0 Å². The van der Waals surface area contributed by atoms with Crippen molar-refractivity contribution in [3.05, 3.63) is 54.0 Å². The molecule has 0 aliphatic heterocycles. The van der Waals surface area contributed by atoms with Crippen molar-refractivity contribution in [3.8, 4) is 11.1 Å². The first-order valence-electron chi connectivity index (χ1n) is 7.48. The lowest BCUT2D eigenvalue weighted by atomic mass is 10.1. The second kappa shape index (κ2) is 5.09. The number of aliphatic hydroxyl groups excluding tert-OH is 1. The summed E-state index contributed by atoms with van der Waals surface area (Å²) in [6.45, 7) is 0.0126. The summed E-state index contributed by atoms with van der Waals surface area (Å²) >= 11 is 0. The smallest absolute Gasteiger partial charge is 0.252 e. The summed E-state index contributed by atoms with van der Waals surface area (Å²) < 4.78 is 27.9. The molecule has 2 heterocycles. The molecule has 0 bridgehead atoms. The maximum Gasteiger partial charge on any atom is 0.252 e. The van der Waals surface area contributed by atoms with Crippen LogP contribution in [0.1, 0.15) is 17.8 Å². The molecular formula is C17H15F2N3O. The van der Waals surface area contributed by atoms with Crippen LogP contribution in [-0.4, -0.2) is 25.6 Å². The first kappa shape index (κ1) is 14.3. The Morgan fingerprint density at radius 3 is 2.52 bits per heavy atom. The molecule has 2 aromatic heterocycles. The molecule has 0 amide bonds. The van der Waals surface area contributed by atoms with Gasteiger partial charge in [-0.25, -0.2) is 8.78 Å². The van der Waals surface area contributed by atoms with E-state index >= 15 is 0 Å². The van der Waals surface area contributed by atoms with E-state index in [1.807, 2.05) is 42.6 Å². The SMILES string of the molecule is OCc1ccc(-c2ccn3c(CC4CC4(F)F)nnc3c2)cc1. The molecule has 1 aliphatic carbocycles. The molecular weight excluding hydrogens is 300 g/mol. The van der Waals surface area contributed by atoms with Crippen molar-refractivity contribution in [2.24, 2.45) is 5.92 Å². The quantitative estimate of drug-likeness (QED) is 0.805. The first-order valence-corrected chi connectivity index (χ1v) is 7.48. The summed E-state index contributed by atoms with van der Waals surface area (Å²) in [6.07, 6.45) is 2.01. The highest BCUT2D eigenvalue weighted by Gasteiger charge is 2.56. The predicted octanol–water partition coefficient (Wildman–Crippen LogP) is 3.09. The van der Waals surface area contributed by atoms with E-state index < -0.39 is 11.8 Å². The summed E-state index contributed by atoms with van der Waals surface area (Å²) in [4.78, 5) is 0. The number of halogens is 2. The average Bonchev–Trinajstić information content (AvgIpc) is 2.98. The Morgan fingerprint density at radius 1 is 1.13 bits per heavy atom. The number of alkyl halides is 2. The van der Waals surface area contributed by atoms with Crippen LogP contribution in [0.2, 0.25) is 0 Å². The summed E-state index contributed by atoms with van der Waals surface area (Å²) in [5.41, 5.74) is 3.47. The largest absolute Gasteiger partial charge is 0.392 e. The van der Waals surface area contributed by atoms with Crippen LogP contribution in [-0.2, 0) is 13.0 Å². The van der Waals surface area contributed by atoms with Crippen LogP contribution in [0.4, 0.5) is 8.78 Å². The van der Waals surface area contributed by atoms with Crippen molar-refractivity contribution in [1.29, 1.82) is 0 Å². The number of fused-ring (bicyclic) bond motifs is 1. The van der Waals surface area contributed by atoms with Gasteiger partial charge in [0.2, 0.25) is 0 Å². The van der Waals surface area contributed by atoms with Gasteiger partial charge in [-0.1, -0.05) is 24.3 Å². The van der Waals surface area contributed by atoms with Crippen LogP contribution in [0, 0.1) is 5.92 Å². The summed E-state index contributed by atoms with van der Waals surface area (Å²) in [5, 5.41) is 17.2. The van der Waals surface area contributed by atoms with E-state index in [1.54, 1.807) is 4.40 Å². The van der Waals surface area contributed by atoms with Crippen molar-refractivity contribution in [3.63, 3.8) is 0 Å². The Bertz CT molecular complexity index is 858. The van der Waals surface area contributed by atoms with Gasteiger partial charge in [0.1, 0.15) is 5.82 Å². The van der Waals surface area contributed by atoms with Crippen molar-refractivity contribution in [2.75, 3.05) is 0 Å². The molecule has 0 radical (unpaired) electrons. The van der Waals surface area contributed by atoms with Crippen LogP contribution in [0.15, 0.2) is 42.6 Å². The predicted molar refractivity (Wildman–Crippen MR) is 81.1 cm³/mol. The molecule has 1 aliphatic rings. The zero-order chi connectivity index (χ0) is 16.0. The van der Waals surface area contributed by atoms with Gasteiger partial charge < -0.3 is 5.11 Å². The molecule has 0 saturated heterocycles. The normalized spacial score (nSPS) is 19.2. The van der Waals surface area contributed by atoms with E-state index in [2.05, 4.69) is 10.2 Å². The summed E-state index contributed by atoms with van der Waals surface area (Å²) in [6, 6.07) is 11.4. The Labute approximate surface area is 131 Å². The highest BCUT2D eigenvalue weighted by molar-refractivity contribution is 5.67. The first-order chi connectivity index (χ1) is 11.1. The molecule has 0 spiro atoms. The van der Waals surface area contributed by atoms with Crippen molar-refractivity contribution < 1.29 is 13.9 Å². The fraction of sp³-hybridized carbons (Fsp3) is 0.294. The molecule has 6 heteroatoms. The lowest BCUT2D eigenvalue weighted by molar-refractivity contribution is 0.0984. The van der Waals surface area contributed by atoms with E-state index in [-0.39, 0.29) is 19.4 Å². The second-order valence-corrected chi connectivity index (χ2v) is 5.98. The third-order valence-corrected chi connectivity index (χ3v) is 4.34. The second-order valence-electron chi connectivity index (χ2n) is 5.98. The van der Waals surface area contributed by atoms with Gasteiger partial charge in [0, 0.05) is 25.0 Å². The Morgan fingerprint density at radius 2 is 1.87 bits per heavy atom. The highest BCUT2D eigenvalue weighted by Crippen LogP contribution is 2.50. The molecule has 4 rings (SSSR count). The molecule has 1 fully saturated rings. The molecule has 3 aromatic rings. The zero-order valence-corrected chi connectivity index (χ0v) is 12.3. The number of aromatic nitrogens is 3. The Kier molecular flexibility index (Phi) is 3.16. The Balaban J connectivity index is 1.63.